The Kier molecular flexibility index (Phi) is 6.49. The summed E-state index contributed by atoms with van der Waals surface area (Å²) in [5.41, 5.74) is 9.93. The van der Waals surface area contributed by atoms with Crippen LogP contribution in [0.25, 0.3) is 11.1 Å². The first-order chi connectivity index (χ1) is 12.3. The van der Waals surface area contributed by atoms with Gasteiger partial charge in [0, 0.05) is 12.1 Å². The van der Waals surface area contributed by atoms with Gasteiger partial charge in [0.25, 0.3) is 11.8 Å². The highest BCUT2D eigenvalue weighted by Crippen LogP contribution is 2.19. The number of nitrogens with two attached hydrogens (primary N) is 1. The van der Waals surface area contributed by atoms with Crippen LogP contribution in [0.5, 0.6) is 0 Å². The minimum absolute atomic E-state index is 0.0345. The molecule has 0 radical (unpaired) electrons. The standard InChI is InChI=1S/C20H25N3O3/c1-20(2,3)26-23-19(25)17(13-21)22-18(24)16-11-9-15(10-12-16)14-7-5-4-6-8-14/h4-12,17H,13,21H2,1-3H3,(H,22,24)(H,23,25)/t17-/m0/s1. The van der Waals surface area contributed by atoms with Gasteiger partial charge < -0.3 is 11.1 Å². The predicted octanol–water partition coefficient (Wildman–Crippen LogP) is 2.26. The molecule has 138 valence electrons. The van der Waals surface area contributed by atoms with Crippen LogP contribution >= 0.6 is 0 Å². The van der Waals surface area contributed by atoms with Crippen molar-refractivity contribution in [3.63, 3.8) is 0 Å². The van der Waals surface area contributed by atoms with Crippen LogP contribution in [0, 0.1) is 0 Å². The zero-order chi connectivity index (χ0) is 19.2. The third-order valence-electron chi connectivity index (χ3n) is 3.57. The molecule has 6 heteroatoms. The number of amides is 2. The molecule has 2 amide bonds. The van der Waals surface area contributed by atoms with E-state index in [9.17, 15) is 9.59 Å². The van der Waals surface area contributed by atoms with Crippen LogP contribution in [0.15, 0.2) is 54.6 Å². The fourth-order valence-corrected chi connectivity index (χ4v) is 2.19. The van der Waals surface area contributed by atoms with Crippen LogP contribution in [-0.4, -0.2) is 30.0 Å². The fraction of sp³-hybridized carbons (Fsp3) is 0.300. The fourth-order valence-electron chi connectivity index (χ4n) is 2.19. The minimum Gasteiger partial charge on any atom is -0.339 e. The van der Waals surface area contributed by atoms with Gasteiger partial charge in [-0.05, 0) is 44.0 Å². The van der Waals surface area contributed by atoms with Gasteiger partial charge in [-0.2, -0.15) is 0 Å². The van der Waals surface area contributed by atoms with E-state index in [2.05, 4.69) is 10.8 Å². The van der Waals surface area contributed by atoms with Crippen molar-refractivity contribution in [3.8, 4) is 11.1 Å². The summed E-state index contributed by atoms with van der Waals surface area (Å²) in [5, 5.41) is 2.62. The van der Waals surface area contributed by atoms with Crippen molar-refractivity contribution in [2.24, 2.45) is 5.73 Å². The Morgan fingerprint density at radius 2 is 1.58 bits per heavy atom. The number of hydrogen-bond donors (Lipinski definition) is 3. The summed E-state index contributed by atoms with van der Waals surface area (Å²) in [5.74, 6) is -0.859. The molecular weight excluding hydrogens is 330 g/mol. The highest BCUT2D eigenvalue weighted by Gasteiger charge is 2.22. The van der Waals surface area contributed by atoms with Crippen LogP contribution < -0.4 is 16.5 Å². The molecule has 26 heavy (non-hydrogen) atoms. The molecule has 0 bridgehead atoms. The molecule has 0 spiro atoms. The summed E-state index contributed by atoms with van der Waals surface area (Å²) < 4.78 is 0. The van der Waals surface area contributed by atoms with Gasteiger partial charge in [0.05, 0.1) is 5.60 Å². The Morgan fingerprint density at radius 1 is 1.00 bits per heavy atom. The van der Waals surface area contributed by atoms with Crippen LogP contribution in [0.3, 0.4) is 0 Å². The lowest BCUT2D eigenvalue weighted by Gasteiger charge is -2.22. The highest BCUT2D eigenvalue weighted by molar-refractivity contribution is 5.97. The Morgan fingerprint density at radius 3 is 2.12 bits per heavy atom. The lowest BCUT2D eigenvalue weighted by molar-refractivity contribution is -0.147. The van der Waals surface area contributed by atoms with Gasteiger partial charge in [0.15, 0.2) is 0 Å². The maximum Gasteiger partial charge on any atom is 0.267 e. The second-order valence-corrected chi connectivity index (χ2v) is 6.89. The van der Waals surface area contributed by atoms with E-state index in [0.717, 1.165) is 11.1 Å². The van der Waals surface area contributed by atoms with E-state index >= 15 is 0 Å². The molecule has 0 aliphatic carbocycles. The molecule has 0 aromatic heterocycles. The molecule has 0 saturated carbocycles. The number of rotatable bonds is 6. The van der Waals surface area contributed by atoms with E-state index < -0.39 is 17.6 Å². The number of hydroxylamine groups is 1. The van der Waals surface area contributed by atoms with Crippen molar-refractivity contribution >= 4 is 11.8 Å². The van der Waals surface area contributed by atoms with Gasteiger partial charge in [0.2, 0.25) is 0 Å². The zero-order valence-corrected chi connectivity index (χ0v) is 15.3. The van der Waals surface area contributed by atoms with Gasteiger partial charge in [0.1, 0.15) is 6.04 Å². The van der Waals surface area contributed by atoms with Crippen LogP contribution in [0.1, 0.15) is 31.1 Å². The molecule has 0 aliphatic rings. The molecule has 2 aromatic carbocycles. The number of benzene rings is 2. The second-order valence-electron chi connectivity index (χ2n) is 6.89. The van der Waals surface area contributed by atoms with Gasteiger partial charge in [-0.15, -0.1) is 0 Å². The van der Waals surface area contributed by atoms with Crippen molar-refractivity contribution in [1.29, 1.82) is 0 Å². The van der Waals surface area contributed by atoms with E-state index in [1.165, 1.54) is 0 Å². The molecule has 0 unspecified atom stereocenters. The normalized spacial score (nSPS) is 12.3. The molecule has 0 fully saturated rings. The van der Waals surface area contributed by atoms with E-state index in [4.69, 9.17) is 10.6 Å². The summed E-state index contributed by atoms with van der Waals surface area (Å²) in [6.45, 7) is 5.37. The predicted molar refractivity (Wildman–Crippen MR) is 101 cm³/mol. The van der Waals surface area contributed by atoms with Crippen molar-refractivity contribution < 1.29 is 14.4 Å². The third kappa shape index (κ3) is 5.68. The SMILES string of the molecule is CC(C)(C)ONC(=O)[C@H](CN)NC(=O)c1ccc(-c2ccccc2)cc1. The highest BCUT2D eigenvalue weighted by atomic mass is 16.7. The van der Waals surface area contributed by atoms with Crippen molar-refractivity contribution in [2.45, 2.75) is 32.4 Å². The first kappa shape index (κ1) is 19.6. The summed E-state index contributed by atoms with van der Waals surface area (Å²) in [6, 6.07) is 16.2. The molecule has 2 aromatic rings. The Bertz CT molecular complexity index is 737. The maximum absolute atomic E-state index is 12.4. The topological polar surface area (TPSA) is 93.4 Å². The van der Waals surface area contributed by atoms with Gasteiger partial charge in [-0.25, -0.2) is 5.48 Å². The van der Waals surface area contributed by atoms with E-state index in [1.807, 2.05) is 42.5 Å². The third-order valence-corrected chi connectivity index (χ3v) is 3.57. The summed E-state index contributed by atoms with van der Waals surface area (Å²) in [4.78, 5) is 29.7. The average molecular weight is 355 g/mol. The molecule has 0 heterocycles. The van der Waals surface area contributed by atoms with Crippen molar-refractivity contribution in [1.82, 2.24) is 10.8 Å². The van der Waals surface area contributed by atoms with Crippen molar-refractivity contribution in [3.05, 3.63) is 60.2 Å². The molecule has 4 N–H and O–H groups in total. The van der Waals surface area contributed by atoms with E-state index in [-0.39, 0.29) is 12.5 Å². The van der Waals surface area contributed by atoms with Crippen LogP contribution in [0.4, 0.5) is 0 Å². The summed E-state index contributed by atoms with van der Waals surface area (Å²) in [7, 11) is 0. The Labute approximate surface area is 153 Å². The van der Waals surface area contributed by atoms with Crippen molar-refractivity contribution in [2.75, 3.05) is 6.54 Å². The van der Waals surface area contributed by atoms with Gasteiger partial charge >= 0.3 is 0 Å². The van der Waals surface area contributed by atoms with Crippen LogP contribution in [-0.2, 0) is 9.63 Å². The number of hydrogen-bond acceptors (Lipinski definition) is 4. The molecule has 0 aliphatic heterocycles. The summed E-state index contributed by atoms with van der Waals surface area (Å²) in [6.07, 6.45) is 0. The second kappa shape index (κ2) is 8.60. The van der Waals surface area contributed by atoms with Gasteiger partial charge in [-0.1, -0.05) is 42.5 Å². The first-order valence-electron chi connectivity index (χ1n) is 8.44. The average Bonchev–Trinajstić information content (AvgIpc) is 2.64. The number of carbonyl (C=O) groups is 2. The lowest BCUT2D eigenvalue weighted by atomic mass is 10.0. The quantitative estimate of drug-likeness (QED) is 0.693. The molecule has 1 atom stereocenters. The maximum atomic E-state index is 12.4. The van der Waals surface area contributed by atoms with Gasteiger partial charge in [-0.3, -0.25) is 14.4 Å². The van der Waals surface area contributed by atoms with E-state index in [0.29, 0.717) is 5.56 Å². The number of nitrogens with one attached hydrogen (secondary N) is 2. The molecule has 0 saturated heterocycles. The Balaban J connectivity index is 2.00. The molecule has 2 rings (SSSR count). The molecule has 6 nitrogen and oxygen atoms in total. The summed E-state index contributed by atoms with van der Waals surface area (Å²) >= 11 is 0. The number of carbonyl (C=O) groups excluding carboxylic acids is 2. The minimum atomic E-state index is -0.876. The Hall–Kier alpha value is -2.70. The first-order valence-corrected chi connectivity index (χ1v) is 8.44. The van der Waals surface area contributed by atoms with Crippen LogP contribution in [0.2, 0.25) is 0 Å². The molecular formula is C20H25N3O3. The monoisotopic (exact) mass is 355 g/mol. The van der Waals surface area contributed by atoms with E-state index in [1.54, 1.807) is 32.9 Å². The smallest absolute Gasteiger partial charge is 0.267 e. The zero-order valence-electron chi connectivity index (χ0n) is 15.3. The lowest BCUT2D eigenvalue weighted by Crippen LogP contribution is -2.51. The largest absolute Gasteiger partial charge is 0.339 e.